The number of methoxy groups -OCH3 is 3. The summed E-state index contributed by atoms with van der Waals surface area (Å²) in [6.45, 7) is 1.97. The van der Waals surface area contributed by atoms with Crippen molar-refractivity contribution in [2.24, 2.45) is 0 Å². The zero-order valence-corrected chi connectivity index (χ0v) is 26.7. The van der Waals surface area contributed by atoms with Crippen LogP contribution in [0.3, 0.4) is 0 Å². The lowest BCUT2D eigenvalue weighted by Crippen LogP contribution is -3.10. The molecule has 2 unspecified atom stereocenters. The minimum absolute atomic E-state index is 0.00251. The lowest BCUT2D eigenvalue weighted by Gasteiger charge is -2.34. The van der Waals surface area contributed by atoms with Gasteiger partial charge in [-0.25, -0.2) is 0 Å². The number of ether oxygens (including phenoxy) is 5. The summed E-state index contributed by atoms with van der Waals surface area (Å²) in [4.78, 5) is 2.78. The molecule has 4 aromatic rings. The SMILES string of the molecule is COc1ccc2cc1Oc1ccc(cc1)C[C@H]1c3cc(c(OC)cc3CC[NH+]1C)Oc1c(O)c(OC)cc3c1[C@@H](C2)[NH+](C)CC3. The second-order valence-corrected chi connectivity index (χ2v) is 12.6. The number of rotatable bonds is 3. The summed E-state index contributed by atoms with van der Waals surface area (Å²) in [5, 5.41) is 11.7. The fraction of sp³-hybridized carbons (Fsp3) is 0.351. The molecule has 0 saturated carbocycles. The molecule has 8 heteroatoms. The maximum Gasteiger partial charge on any atom is 0.201 e. The first-order valence-electron chi connectivity index (χ1n) is 15.8. The van der Waals surface area contributed by atoms with Gasteiger partial charge in [-0.05, 0) is 64.7 Å². The van der Waals surface area contributed by atoms with Crippen LogP contribution in [0.2, 0.25) is 0 Å². The van der Waals surface area contributed by atoms with E-state index in [9.17, 15) is 5.11 Å². The molecule has 234 valence electrons. The third kappa shape index (κ3) is 5.32. The number of hydrogen-bond donors (Lipinski definition) is 3. The van der Waals surface area contributed by atoms with Crippen LogP contribution in [-0.4, -0.2) is 53.6 Å². The van der Waals surface area contributed by atoms with Gasteiger partial charge < -0.3 is 38.6 Å². The standard InChI is InChI=1S/C37H40N2O6/c1-38-14-12-24-19-31(42-4)33-21-27(24)28(38)16-22-6-9-26(10-7-22)44-32-18-23(8-11-30(32)41-3)17-29-35-25(13-15-39(29)2)20-34(43-5)36(40)37(35)45-33/h6-11,18-21,28-29,40H,12-17H2,1-5H3/p+2/t28-,29+/m0/s1. The van der Waals surface area contributed by atoms with Crippen molar-refractivity contribution in [1.82, 2.24) is 0 Å². The van der Waals surface area contributed by atoms with Gasteiger partial charge in [-0.3, -0.25) is 0 Å². The smallest absolute Gasteiger partial charge is 0.201 e. The molecule has 4 atom stereocenters. The van der Waals surface area contributed by atoms with Gasteiger partial charge in [-0.15, -0.1) is 0 Å². The van der Waals surface area contributed by atoms with E-state index >= 15 is 0 Å². The molecule has 4 aliphatic heterocycles. The molecule has 8 nitrogen and oxygen atoms in total. The van der Waals surface area contributed by atoms with Crippen LogP contribution in [0.4, 0.5) is 0 Å². The Labute approximate surface area is 264 Å². The van der Waals surface area contributed by atoms with Crippen molar-refractivity contribution in [2.45, 2.75) is 37.8 Å². The van der Waals surface area contributed by atoms with Crippen LogP contribution in [0.15, 0.2) is 60.7 Å². The minimum Gasteiger partial charge on any atom is -0.502 e. The number of quaternary nitrogens is 2. The lowest BCUT2D eigenvalue weighted by atomic mass is 9.87. The van der Waals surface area contributed by atoms with E-state index in [-0.39, 0.29) is 17.8 Å². The van der Waals surface area contributed by atoms with Gasteiger partial charge in [0.15, 0.2) is 34.5 Å². The van der Waals surface area contributed by atoms with E-state index in [0.717, 1.165) is 54.8 Å². The Hall–Kier alpha value is -4.40. The minimum atomic E-state index is 0.00251. The zero-order chi connectivity index (χ0) is 31.2. The van der Waals surface area contributed by atoms with E-state index in [1.807, 2.05) is 24.3 Å². The van der Waals surface area contributed by atoms with Crippen molar-refractivity contribution in [3.63, 3.8) is 0 Å². The van der Waals surface area contributed by atoms with Gasteiger partial charge in [-0.1, -0.05) is 18.2 Å². The average Bonchev–Trinajstić information content (AvgIpc) is 3.05. The summed E-state index contributed by atoms with van der Waals surface area (Å²) in [5.74, 6) is 4.22. The summed E-state index contributed by atoms with van der Waals surface area (Å²) in [6.07, 6.45) is 3.36. The largest absolute Gasteiger partial charge is 0.502 e. The van der Waals surface area contributed by atoms with Crippen molar-refractivity contribution >= 4 is 0 Å². The van der Waals surface area contributed by atoms with Gasteiger partial charge in [0.25, 0.3) is 0 Å². The maximum absolute atomic E-state index is 11.7. The highest BCUT2D eigenvalue weighted by molar-refractivity contribution is 5.62. The van der Waals surface area contributed by atoms with Crippen molar-refractivity contribution in [3.8, 4) is 46.0 Å². The molecule has 0 spiro atoms. The Morgan fingerprint density at radius 3 is 2.02 bits per heavy atom. The molecule has 6 bridgehead atoms. The zero-order valence-electron chi connectivity index (χ0n) is 26.7. The molecule has 0 fully saturated rings. The summed E-state index contributed by atoms with van der Waals surface area (Å²) in [5.41, 5.74) is 6.95. The number of hydrogen-bond acceptors (Lipinski definition) is 6. The molecular formula is C37H42N2O6+2. The predicted octanol–water partition coefficient (Wildman–Crippen LogP) is 4.03. The van der Waals surface area contributed by atoms with E-state index in [0.29, 0.717) is 40.9 Å². The molecule has 0 saturated heterocycles. The molecule has 4 aliphatic rings. The fourth-order valence-electron chi connectivity index (χ4n) is 7.35. The Morgan fingerprint density at radius 2 is 1.29 bits per heavy atom. The first kappa shape index (κ1) is 29.3. The number of benzene rings is 4. The van der Waals surface area contributed by atoms with Crippen LogP contribution in [0.1, 0.15) is 45.5 Å². The molecule has 0 aromatic heterocycles. The Balaban J connectivity index is 1.45. The van der Waals surface area contributed by atoms with Crippen molar-refractivity contribution in [2.75, 3.05) is 48.5 Å². The van der Waals surface area contributed by atoms with Crippen LogP contribution in [-0.2, 0) is 25.7 Å². The average molecular weight is 611 g/mol. The van der Waals surface area contributed by atoms with E-state index in [4.69, 9.17) is 23.7 Å². The molecule has 0 radical (unpaired) electrons. The van der Waals surface area contributed by atoms with Gasteiger partial charge in [0, 0.05) is 31.2 Å². The predicted molar refractivity (Wildman–Crippen MR) is 171 cm³/mol. The highest BCUT2D eigenvalue weighted by Crippen LogP contribution is 2.49. The highest BCUT2D eigenvalue weighted by Gasteiger charge is 2.37. The fourth-order valence-corrected chi connectivity index (χ4v) is 7.35. The number of phenols is 1. The molecule has 0 amide bonds. The second kappa shape index (κ2) is 11.8. The van der Waals surface area contributed by atoms with Crippen LogP contribution in [0, 0.1) is 0 Å². The Bertz CT molecular complexity index is 1740. The summed E-state index contributed by atoms with van der Waals surface area (Å²) in [7, 11) is 9.39. The molecule has 4 aromatic carbocycles. The number of aromatic hydroxyl groups is 1. The molecule has 4 heterocycles. The Kier molecular flexibility index (Phi) is 7.71. The van der Waals surface area contributed by atoms with Crippen LogP contribution in [0.25, 0.3) is 0 Å². The third-order valence-corrected chi connectivity index (χ3v) is 9.95. The van der Waals surface area contributed by atoms with Gasteiger partial charge in [0.2, 0.25) is 5.75 Å². The van der Waals surface area contributed by atoms with Crippen LogP contribution < -0.4 is 33.5 Å². The summed E-state index contributed by atoms with van der Waals surface area (Å²) in [6, 6.07) is 21.0. The summed E-state index contributed by atoms with van der Waals surface area (Å²) >= 11 is 0. The Morgan fingerprint density at radius 1 is 0.667 bits per heavy atom. The van der Waals surface area contributed by atoms with Gasteiger partial charge >= 0.3 is 0 Å². The van der Waals surface area contributed by atoms with Gasteiger partial charge in [0.1, 0.15) is 17.8 Å². The normalized spacial score (nSPS) is 21.8. The number of nitrogens with one attached hydrogen (secondary N) is 2. The quantitative estimate of drug-likeness (QED) is 0.326. The summed E-state index contributed by atoms with van der Waals surface area (Å²) < 4.78 is 30.5. The topological polar surface area (TPSA) is 75.3 Å². The van der Waals surface area contributed by atoms with Gasteiger partial charge in [-0.2, -0.15) is 0 Å². The lowest BCUT2D eigenvalue weighted by molar-refractivity contribution is -0.914. The van der Waals surface area contributed by atoms with Crippen LogP contribution in [0.5, 0.6) is 46.0 Å². The van der Waals surface area contributed by atoms with Crippen molar-refractivity contribution < 1.29 is 38.6 Å². The van der Waals surface area contributed by atoms with Crippen LogP contribution >= 0.6 is 0 Å². The maximum atomic E-state index is 11.7. The van der Waals surface area contributed by atoms with Crippen molar-refractivity contribution in [3.05, 3.63) is 94.0 Å². The molecule has 3 N–H and O–H groups in total. The number of fused-ring (bicyclic) bond motifs is 2. The van der Waals surface area contributed by atoms with Gasteiger partial charge in [0.05, 0.1) is 54.1 Å². The van der Waals surface area contributed by atoms with E-state index in [1.54, 1.807) is 21.3 Å². The molecule has 0 aliphatic carbocycles. The molecule has 8 rings (SSSR count). The second-order valence-electron chi connectivity index (χ2n) is 12.6. The number of likely N-dealkylation sites (N-methyl/N-ethyl adjacent to an activating group) is 2. The third-order valence-electron chi connectivity index (χ3n) is 9.95. The van der Waals surface area contributed by atoms with E-state index in [1.165, 1.54) is 26.5 Å². The van der Waals surface area contributed by atoms with Crippen molar-refractivity contribution in [1.29, 1.82) is 0 Å². The monoisotopic (exact) mass is 610 g/mol. The first-order valence-corrected chi connectivity index (χ1v) is 15.8. The highest BCUT2D eigenvalue weighted by atomic mass is 16.5. The van der Waals surface area contributed by atoms with E-state index in [2.05, 4.69) is 50.5 Å². The van der Waals surface area contributed by atoms with E-state index < -0.39 is 0 Å². The molecular weight excluding hydrogens is 568 g/mol. The molecule has 45 heavy (non-hydrogen) atoms. The number of phenolic OH excluding ortho intramolecular Hbond substituents is 1. The first-order chi connectivity index (χ1) is 21.9.